The number of carbonyl (C=O) groups excluding carboxylic acids is 1. The molecule has 0 radical (unpaired) electrons. The van der Waals surface area contributed by atoms with Gasteiger partial charge in [0.1, 0.15) is 11.5 Å². The van der Waals surface area contributed by atoms with Gasteiger partial charge in [0.2, 0.25) is 10.0 Å². The van der Waals surface area contributed by atoms with Crippen LogP contribution in [-0.4, -0.2) is 58.7 Å². The van der Waals surface area contributed by atoms with E-state index in [2.05, 4.69) is 5.32 Å². The van der Waals surface area contributed by atoms with E-state index in [4.69, 9.17) is 14.2 Å². The van der Waals surface area contributed by atoms with E-state index in [1.165, 1.54) is 23.5 Å². The van der Waals surface area contributed by atoms with Gasteiger partial charge in [-0.3, -0.25) is 4.79 Å². The topological polar surface area (TPSA) is 94.2 Å². The molecule has 0 aliphatic carbocycles. The Kier molecular flexibility index (Phi) is 6.73. The Balaban J connectivity index is 1.94. The summed E-state index contributed by atoms with van der Waals surface area (Å²) in [7, 11) is -2.23. The predicted molar refractivity (Wildman–Crippen MR) is 108 cm³/mol. The van der Waals surface area contributed by atoms with Crippen LogP contribution in [0.15, 0.2) is 47.4 Å². The molecule has 2 aromatic carbocycles. The van der Waals surface area contributed by atoms with Gasteiger partial charge in [-0.25, -0.2) is 8.42 Å². The first-order chi connectivity index (χ1) is 14.0. The van der Waals surface area contributed by atoms with Crippen LogP contribution in [0.4, 0.5) is 5.69 Å². The lowest BCUT2D eigenvalue weighted by Gasteiger charge is -2.26. The van der Waals surface area contributed by atoms with Crippen LogP contribution in [0.25, 0.3) is 0 Å². The maximum atomic E-state index is 13.0. The number of nitrogens with one attached hydrogen (secondary N) is 1. The molecule has 0 bridgehead atoms. The highest BCUT2D eigenvalue weighted by Crippen LogP contribution is 2.30. The number of nitrogens with zero attached hydrogens (tertiary/aromatic N) is 1. The number of methoxy groups -OCH3 is 1. The van der Waals surface area contributed by atoms with Crippen LogP contribution in [-0.2, 0) is 14.8 Å². The molecule has 1 aliphatic rings. The lowest BCUT2D eigenvalue weighted by atomic mass is 10.2. The third-order valence-corrected chi connectivity index (χ3v) is 6.35. The molecule has 3 rings (SSSR count). The first-order valence-corrected chi connectivity index (χ1v) is 10.7. The molecule has 2 aromatic rings. The molecule has 0 atom stereocenters. The molecular formula is C20H24N2O6S. The maximum absolute atomic E-state index is 13.0. The normalized spacial score (nSPS) is 15.0. The van der Waals surface area contributed by atoms with Gasteiger partial charge in [-0.05, 0) is 37.3 Å². The van der Waals surface area contributed by atoms with E-state index >= 15 is 0 Å². The first-order valence-electron chi connectivity index (χ1n) is 9.26. The Morgan fingerprint density at radius 1 is 1.14 bits per heavy atom. The average Bonchev–Trinajstić information content (AvgIpc) is 2.75. The maximum Gasteiger partial charge on any atom is 0.259 e. The molecule has 29 heavy (non-hydrogen) atoms. The van der Waals surface area contributed by atoms with Gasteiger partial charge in [0, 0.05) is 13.1 Å². The van der Waals surface area contributed by atoms with E-state index in [-0.39, 0.29) is 10.6 Å². The number of rotatable bonds is 7. The Morgan fingerprint density at radius 3 is 2.55 bits per heavy atom. The second kappa shape index (κ2) is 9.25. The molecule has 8 nitrogen and oxygen atoms in total. The highest BCUT2D eigenvalue weighted by atomic mass is 32.2. The van der Waals surface area contributed by atoms with Crippen molar-refractivity contribution in [1.82, 2.24) is 4.31 Å². The molecule has 1 aliphatic heterocycles. The summed E-state index contributed by atoms with van der Waals surface area (Å²) >= 11 is 0. The summed E-state index contributed by atoms with van der Waals surface area (Å²) in [4.78, 5) is 12.9. The number of amides is 1. The largest absolute Gasteiger partial charge is 0.496 e. The van der Waals surface area contributed by atoms with Crippen molar-refractivity contribution in [3.63, 3.8) is 0 Å². The quantitative estimate of drug-likeness (QED) is 0.739. The second-order valence-corrected chi connectivity index (χ2v) is 8.20. The minimum Gasteiger partial charge on any atom is -0.496 e. The van der Waals surface area contributed by atoms with Crippen LogP contribution in [0.1, 0.15) is 17.3 Å². The van der Waals surface area contributed by atoms with E-state index < -0.39 is 15.9 Å². The fraction of sp³-hybridized carbons (Fsp3) is 0.350. The van der Waals surface area contributed by atoms with Crippen molar-refractivity contribution in [2.75, 3.05) is 45.3 Å². The third kappa shape index (κ3) is 4.69. The zero-order valence-electron chi connectivity index (χ0n) is 16.4. The summed E-state index contributed by atoms with van der Waals surface area (Å²) in [5, 5.41) is 2.75. The number of para-hydroxylation sites is 1. The standard InChI is InChI=1S/C20H24N2O6S/c1-3-28-19-9-8-15(29(24,25)22-10-12-27-13-11-22)14-17(19)21-20(23)16-6-4-5-7-18(16)26-2/h4-9,14H,3,10-13H2,1-2H3,(H,21,23). The summed E-state index contributed by atoms with van der Waals surface area (Å²) in [6, 6.07) is 11.2. The van der Waals surface area contributed by atoms with E-state index in [9.17, 15) is 13.2 Å². The van der Waals surface area contributed by atoms with Crippen LogP contribution < -0.4 is 14.8 Å². The molecule has 1 saturated heterocycles. The number of hydrogen-bond acceptors (Lipinski definition) is 6. The van der Waals surface area contributed by atoms with Crippen molar-refractivity contribution in [2.45, 2.75) is 11.8 Å². The fourth-order valence-corrected chi connectivity index (χ4v) is 4.44. The molecule has 0 spiro atoms. The van der Waals surface area contributed by atoms with Crippen LogP contribution in [0.2, 0.25) is 0 Å². The molecule has 0 unspecified atom stereocenters. The molecule has 156 valence electrons. The summed E-state index contributed by atoms with van der Waals surface area (Å²) in [5.41, 5.74) is 0.607. The van der Waals surface area contributed by atoms with E-state index in [0.717, 1.165) is 0 Å². The van der Waals surface area contributed by atoms with Crippen LogP contribution in [0.5, 0.6) is 11.5 Å². The van der Waals surface area contributed by atoms with Gasteiger partial charge in [0.25, 0.3) is 5.91 Å². The van der Waals surface area contributed by atoms with Crippen molar-refractivity contribution in [3.05, 3.63) is 48.0 Å². The Hall–Kier alpha value is -2.62. The Bertz CT molecular complexity index is 971. The SMILES string of the molecule is CCOc1ccc(S(=O)(=O)N2CCOCC2)cc1NC(=O)c1ccccc1OC. The zero-order chi connectivity index (χ0) is 20.9. The highest BCUT2D eigenvalue weighted by molar-refractivity contribution is 7.89. The summed E-state index contributed by atoms with van der Waals surface area (Å²) < 4.78 is 43.3. The monoisotopic (exact) mass is 420 g/mol. The number of morpholine rings is 1. The number of sulfonamides is 1. The van der Waals surface area contributed by atoms with E-state index in [1.807, 2.05) is 6.92 Å². The van der Waals surface area contributed by atoms with Gasteiger partial charge in [-0.2, -0.15) is 4.31 Å². The van der Waals surface area contributed by atoms with Crippen molar-refractivity contribution in [1.29, 1.82) is 0 Å². The van der Waals surface area contributed by atoms with Crippen LogP contribution in [0.3, 0.4) is 0 Å². The molecule has 1 fully saturated rings. The molecule has 1 amide bonds. The fourth-order valence-electron chi connectivity index (χ4n) is 3.01. The van der Waals surface area contributed by atoms with Gasteiger partial charge >= 0.3 is 0 Å². The van der Waals surface area contributed by atoms with E-state index in [1.54, 1.807) is 30.3 Å². The molecule has 1 N–H and O–H groups in total. The lowest BCUT2D eigenvalue weighted by molar-refractivity contribution is 0.0730. The predicted octanol–water partition coefficient (Wildman–Crippen LogP) is 2.37. The first kappa shape index (κ1) is 21.1. The van der Waals surface area contributed by atoms with Crippen molar-refractivity contribution in [3.8, 4) is 11.5 Å². The zero-order valence-corrected chi connectivity index (χ0v) is 17.2. The summed E-state index contributed by atoms with van der Waals surface area (Å²) in [6.07, 6.45) is 0. The molecule has 0 aromatic heterocycles. The number of carbonyl (C=O) groups is 1. The number of benzene rings is 2. The van der Waals surface area contributed by atoms with Gasteiger partial charge in [0.05, 0.1) is 43.1 Å². The van der Waals surface area contributed by atoms with Crippen molar-refractivity contribution >= 4 is 21.6 Å². The number of anilines is 1. The third-order valence-electron chi connectivity index (χ3n) is 4.46. The minimum absolute atomic E-state index is 0.0816. The van der Waals surface area contributed by atoms with Crippen molar-refractivity contribution < 1.29 is 27.4 Å². The van der Waals surface area contributed by atoms with Gasteiger partial charge in [0.15, 0.2) is 0 Å². The van der Waals surface area contributed by atoms with E-state index in [0.29, 0.717) is 50.0 Å². The van der Waals surface area contributed by atoms with Crippen LogP contribution in [0, 0.1) is 0 Å². The Labute approximate surface area is 170 Å². The molecule has 0 saturated carbocycles. The van der Waals surface area contributed by atoms with Crippen molar-refractivity contribution in [2.24, 2.45) is 0 Å². The molecule has 1 heterocycles. The summed E-state index contributed by atoms with van der Waals surface area (Å²) in [6.45, 7) is 3.47. The number of hydrogen-bond donors (Lipinski definition) is 1. The van der Waals surface area contributed by atoms with Gasteiger partial charge in [-0.1, -0.05) is 12.1 Å². The highest BCUT2D eigenvalue weighted by Gasteiger charge is 2.27. The molecule has 9 heteroatoms. The summed E-state index contributed by atoms with van der Waals surface area (Å²) in [5.74, 6) is 0.376. The number of ether oxygens (including phenoxy) is 3. The molecular weight excluding hydrogens is 396 g/mol. The van der Waals surface area contributed by atoms with Gasteiger partial charge < -0.3 is 19.5 Å². The smallest absolute Gasteiger partial charge is 0.259 e. The van der Waals surface area contributed by atoms with Crippen LogP contribution >= 0.6 is 0 Å². The Morgan fingerprint density at radius 2 is 1.86 bits per heavy atom. The minimum atomic E-state index is -3.71. The average molecular weight is 420 g/mol. The van der Waals surface area contributed by atoms with Gasteiger partial charge in [-0.15, -0.1) is 0 Å². The second-order valence-electron chi connectivity index (χ2n) is 6.26. The lowest BCUT2D eigenvalue weighted by Crippen LogP contribution is -2.40.